The van der Waals surface area contributed by atoms with Crippen LogP contribution in [0.3, 0.4) is 0 Å². The molecule has 158 valence electrons. The van der Waals surface area contributed by atoms with Crippen LogP contribution in [-0.4, -0.2) is 68.4 Å². The molecule has 8 heteroatoms. The van der Waals surface area contributed by atoms with Gasteiger partial charge in [0.1, 0.15) is 5.75 Å². The van der Waals surface area contributed by atoms with Crippen LogP contribution in [0.5, 0.6) is 5.75 Å². The third kappa shape index (κ3) is 7.83. The number of hydrogen-bond acceptors (Lipinski definition) is 6. The van der Waals surface area contributed by atoms with Gasteiger partial charge in [0.2, 0.25) is 0 Å². The van der Waals surface area contributed by atoms with Crippen LogP contribution in [0.1, 0.15) is 37.7 Å². The number of carbonyl (C=O) groups is 2. The summed E-state index contributed by atoms with van der Waals surface area (Å²) in [5, 5.41) is 7.02. The lowest BCUT2D eigenvalue weighted by Gasteiger charge is -2.25. The molecule has 1 saturated heterocycles. The van der Waals surface area contributed by atoms with Crippen LogP contribution in [0.25, 0.3) is 0 Å². The SMILES string of the molecule is O=C(CN1CCOCC1)N/N=C\c1ccc(OCC(=O)NC2CCCCC2)cc1. The summed E-state index contributed by atoms with van der Waals surface area (Å²) >= 11 is 0. The zero-order valence-corrected chi connectivity index (χ0v) is 16.8. The number of benzene rings is 1. The van der Waals surface area contributed by atoms with E-state index in [1.165, 1.54) is 19.3 Å². The molecule has 1 aromatic rings. The van der Waals surface area contributed by atoms with Crippen molar-refractivity contribution in [3.05, 3.63) is 29.8 Å². The second-order valence-electron chi connectivity index (χ2n) is 7.44. The maximum atomic E-state index is 12.0. The molecule has 1 aliphatic heterocycles. The normalized spacial score (nSPS) is 18.5. The molecule has 1 heterocycles. The zero-order valence-electron chi connectivity index (χ0n) is 16.8. The molecule has 2 N–H and O–H groups in total. The minimum atomic E-state index is -0.146. The summed E-state index contributed by atoms with van der Waals surface area (Å²) in [4.78, 5) is 25.9. The Hall–Kier alpha value is -2.45. The van der Waals surface area contributed by atoms with Gasteiger partial charge in [0.15, 0.2) is 6.61 Å². The summed E-state index contributed by atoms with van der Waals surface area (Å²) in [5.74, 6) is 0.398. The Morgan fingerprint density at radius 2 is 1.83 bits per heavy atom. The lowest BCUT2D eigenvalue weighted by atomic mass is 9.95. The van der Waals surface area contributed by atoms with Crippen molar-refractivity contribution in [2.75, 3.05) is 39.5 Å². The van der Waals surface area contributed by atoms with E-state index in [2.05, 4.69) is 15.8 Å². The Balaban J connectivity index is 1.35. The molecule has 1 aliphatic carbocycles. The van der Waals surface area contributed by atoms with Crippen molar-refractivity contribution in [2.24, 2.45) is 5.10 Å². The van der Waals surface area contributed by atoms with Crippen molar-refractivity contribution in [3.63, 3.8) is 0 Å². The van der Waals surface area contributed by atoms with E-state index in [1.54, 1.807) is 18.3 Å². The van der Waals surface area contributed by atoms with Gasteiger partial charge in [0, 0.05) is 19.1 Å². The van der Waals surface area contributed by atoms with E-state index in [1.807, 2.05) is 17.0 Å². The second-order valence-corrected chi connectivity index (χ2v) is 7.44. The summed E-state index contributed by atoms with van der Waals surface area (Å²) in [7, 11) is 0. The van der Waals surface area contributed by atoms with Gasteiger partial charge in [-0.15, -0.1) is 0 Å². The number of ether oxygens (including phenoxy) is 2. The highest BCUT2D eigenvalue weighted by atomic mass is 16.5. The first kappa shape index (κ1) is 21.3. The van der Waals surface area contributed by atoms with Crippen LogP contribution >= 0.6 is 0 Å². The van der Waals surface area contributed by atoms with Crippen LogP contribution in [0, 0.1) is 0 Å². The van der Waals surface area contributed by atoms with Gasteiger partial charge in [-0.2, -0.15) is 5.10 Å². The zero-order chi connectivity index (χ0) is 20.3. The predicted octanol–water partition coefficient (Wildman–Crippen LogP) is 1.30. The average Bonchev–Trinajstić information content (AvgIpc) is 2.75. The monoisotopic (exact) mass is 402 g/mol. The van der Waals surface area contributed by atoms with Crippen molar-refractivity contribution >= 4 is 18.0 Å². The maximum Gasteiger partial charge on any atom is 0.258 e. The summed E-state index contributed by atoms with van der Waals surface area (Å²) in [6, 6.07) is 7.50. The van der Waals surface area contributed by atoms with E-state index < -0.39 is 0 Å². The van der Waals surface area contributed by atoms with Gasteiger partial charge in [-0.3, -0.25) is 14.5 Å². The molecular weight excluding hydrogens is 372 g/mol. The Morgan fingerprint density at radius 1 is 1.10 bits per heavy atom. The molecule has 2 fully saturated rings. The number of rotatable bonds is 8. The van der Waals surface area contributed by atoms with Crippen molar-refractivity contribution in [1.29, 1.82) is 0 Å². The van der Waals surface area contributed by atoms with Crippen LogP contribution in [0.2, 0.25) is 0 Å². The third-order valence-electron chi connectivity index (χ3n) is 5.09. The van der Waals surface area contributed by atoms with Crippen molar-refractivity contribution in [3.8, 4) is 5.75 Å². The van der Waals surface area contributed by atoms with Gasteiger partial charge >= 0.3 is 0 Å². The van der Waals surface area contributed by atoms with E-state index in [4.69, 9.17) is 9.47 Å². The van der Waals surface area contributed by atoms with E-state index in [-0.39, 0.29) is 24.5 Å². The Labute approximate surface area is 171 Å². The van der Waals surface area contributed by atoms with Crippen LogP contribution in [0.15, 0.2) is 29.4 Å². The summed E-state index contributed by atoms with van der Waals surface area (Å²) in [6.07, 6.45) is 7.32. The number of hydrazone groups is 1. The lowest BCUT2D eigenvalue weighted by Crippen LogP contribution is -2.42. The van der Waals surface area contributed by atoms with Crippen LogP contribution in [0.4, 0.5) is 0 Å². The summed E-state index contributed by atoms with van der Waals surface area (Å²) < 4.78 is 10.8. The van der Waals surface area contributed by atoms with Crippen molar-refractivity contribution < 1.29 is 19.1 Å². The van der Waals surface area contributed by atoms with Gasteiger partial charge in [-0.25, -0.2) is 5.43 Å². The molecule has 1 saturated carbocycles. The molecule has 2 aliphatic rings. The summed E-state index contributed by atoms with van der Waals surface area (Å²) in [5.41, 5.74) is 3.37. The highest BCUT2D eigenvalue weighted by Gasteiger charge is 2.16. The second kappa shape index (κ2) is 11.5. The highest BCUT2D eigenvalue weighted by Crippen LogP contribution is 2.17. The first-order chi connectivity index (χ1) is 14.2. The molecule has 8 nitrogen and oxygen atoms in total. The molecule has 0 aromatic heterocycles. The first-order valence-electron chi connectivity index (χ1n) is 10.3. The molecule has 0 unspecified atom stereocenters. The smallest absolute Gasteiger partial charge is 0.258 e. The molecule has 1 aromatic carbocycles. The lowest BCUT2D eigenvalue weighted by molar-refractivity contribution is -0.124. The van der Waals surface area contributed by atoms with Gasteiger partial charge in [0.25, 0.3) is 11.8 Å². The number of nitrogens with one attached hydrogen (secondary N) is 2. The minimum absolute atomic E-state index is 0.0154. The Kier molecular flexibility index (Phi) is 8.45. The van der Waals surface area contributed by atoms with E-state index in [0.29, 0.717) is 25.5 Å². The van der Waals surface area contributed by atoms with E-state index >= 15 is 0 Å². The van der Waals surface area contributed by atoms with E-state index in [0.717, 1.165) is 31.5 Å². The Morgan fingerprint density at radius 3 is 2.55 bits per heavy atom. The number of amides is 2. The summed E-state index contributed by atoms with van der Waals surface area (Å²) in [6.45, 7) is 3.17. The minimum Gasteiger partial charge on any atom is -0.484 e. The fourth-order valence-electron chi connectivity index (χ4n) is 3.49. The third-order valence-corrected chi connectivity index (χ3v) is 5.09. The first-order valence-corrected chi connectivity index (χ1v) is 10.3. The van der Waals surface area contributed by atoms with E-state index in [9.17, 15) is 9.59 Å². The maximum absolute atomic E-state index is 12.0. The molecular formula is C21H30N4O4. The standard InChI is InChI=1S/C21H30N4O4/c26-20(15-25-10-12-28-13-11-25)24-22-14-17-6-8-19(9-7-17)29-16-21(27)23-18-4-2-1-3-5-18/h6-9,14,18H,1-5,10-13,15-16H2,(H,23,27)(H,24,26)/b22-14-. The molecule has 0 spiro atoms. The number of carbonyl (C=O) groups excluding carboxylic acids is 2. The number of morpholine rings is 1. The molecule has 2 amide bonds. The van der Waals surface area contributed by atoms with Gasteiger partial charge in [-0.05, 0) is 42.7 Å². The quantitative estimate of drug-likeness (QED) is 0.505. The predicted molar refractivity (Wildman–Crippen MR) is 110 cm³/mol. The van der Waals surface area contributed by atoms with Crippen molar-refractivity contribution in [2.45, 2.75) is 38.1 Å². The van der Waals surface area contributed by atoms with Crippen LogP contribution in [-0.2, 0) is 14.3 Å². The molecule has 29 heavy (non-hydrogen) atoms. The Bertz CT molecular complexity index is 680. The van der Waals surface area contributed by atoms with Gasteiger partial charge < -0.3 is 14.8 Å². The van der Waals surface area contributed by atoms with Crippen molar-refractivity contribution in [1.82, 2.24) is 15.6 Å². The fraction of sp³-hybridized carbons (Fsp3) is 0.571. The number of hydrogen-bond donors (Lipinski definition) is 2. The molecule has 3 rings (SSSR count). The van der Waals surface area contributed by atoms with Gasteiger partial charge in [0.05, 0.1) is 26.0 Å². The highest BCUT2D eigenvalue weighted by molar-refractivity contribution is 5.83. The van der Waals surface area contributed by atoms with Gasteiger partial charge in [-0.1, -0.05) is 19.3 Å². The van der Waals surface area contributed by atoms with Crippen LogP contribution < -0.4 is 15.5 Å². The molecule has 0 radical (unpaired) electrons. The largest absolute Gasteiger partial charge is 0.484 e. The molecule has 0 atom stereocenters. The molecule has 0 bridgehead atoms. The average molecular weight is 402 g/mol. The fourth-order valence-corrected chi connectivity index (χ4v) is 3.49. The number of nitrogens with zero attached hydrogens (tertiary/aromatic N) is 2. The topological polar surface area (TPSA) is 92.3 Å².